The number of halogens is 1. The number of rotatable bonds is 7. The van der Waals surface area contributed by atoms with Crippen molar-refractivity contribution in [2.24, 2.45) is 11.8 Å². The number of hydrogen-bond donors (Lipinski definition) is 1. The van der Waals surface area contributed by atoms with Crippen molar-refractivity contribution < 1.29 is 0 Å². The van der Waals surface area contributed by atoms with Gasteiger partial charge in [-0.2, -0.15) is 0 Å². The predicted molar refractivity (Wildman–Crippen MR) is 88.6 cm³/mol. The molecule has 1 fully saturated rings. The van der Waals surface area contributed by atoms with Crippen LogP contribution < -0.4 is 10.2 Å². The molecule has 0 spiro atoms. The van der Waals surface area contributed by atoms with E-state index in [4.69, 9.17) is 11.6 Å². The molecule has 1 saturated carbocycles. The van der Waals surface area contributed by atoms with Gasteiger partial charge in [0.15, 0.2) is 0 Å². The SMILES string of the molecule is CC(C)CNCc1cccc(Cl)c1N(C)C(C)C1CC1. The summed E-state index contributed by atoms with van der Waals surface area (Å²) in [6.07, 6.45) is 2.72. The minimum absolute atomic E-state index is 0.568. The Bertz CT molecular complexity index is 441. The second-order valence-electron chi connectivity index (χ2n) is 6.46. The molecular weight excluding hydrogens is 268 g/mol. The van der Waals surface area contributed by atoms with Gasteiger partial charge in [0.25, 0.3) is 0 Å². The summed E-state index contributed by atoms with van der Waals surface area (Å²) >= 11 is 6.47. The van der Waals surface area contributed by atoms with Crippen molar-refractivity contribution in [1.29, 1.82) is 0 Å². The van der Waals surface area contributed by atoms with Gasteiger partial charge in [-0.15, -0.1) is 0 Å². The van der Waals surface area contributed by atoms with Gasteiger partial charge in [0.2, 0.25) is 0 Å². The highest BCUT2D eigenvalue weighted by Gasteiger charge is 2.31. The van der Waals surface area contributed by atoms with Crippen LogP contribution in [0.3, 0.4) is 0 Å². The normalized spacial score (nSPS) is 16.5. The van der Waals surface area contributed by atoms with E-state index in [1.54, 1.807) is 0 Å². The molecule has 112 valence electrons. The molecule has 1 aromatic rings. The van der Waals surface area contributed by atoms with Crippen molar-refractivity contribution in [1.82, 2.24) is 5.32 Å². The molecule has 0 aliphatic heterocycles. The van der Waals surface area contributed by atoms with Crippen LogP contribution in [0.1, 0.15) is 39.2 Å². The zero-order valence-corrected chi connectivity index (χ0v) is 13.9. The number of anilines is 1. The molecule has 1 aliphatic carbocycles. The van der Waals surface area contributed by atoms with Gasteiger partial charge in [-0.3, -0.25) is 0 Å². The van der Waals surface area contributed by atoms with E-state index in [-0.39, 0.29) is 0 Å². The van der Waals surface area contributed by atoms with E-state index in [2.05, 4.69) is 44.1 Å². The Morgan fingerprint density at radius 3 is 2.60 bits per heavy atom. The van der Waals surface area contributed by atoms with Gasteiger partial charge < -0.3 is 10.2 Å². The summed E-state index contributed by atoms with van der Waals surface area (Å²) in [5.41, 5.74) is 2.50. The Kier molecular flexibility index (Phi) is 5.34. The molecule has 1 aliphatic rings. The fourth-order valence-electron chi connectivity index (χ4n) is 2.69. The molecule has 0 aromatic heterocycles. The highest BCUT2D eigenvalue weighted by molar-refractivity contribution is 6.33. The fourth-order valence-corrected chi connectivity index (χ4v) is 3.02. The maximum Gasteiger partial charge on any atom is 0.0642 e. The van der Waals surface area contributed by atoms with Crippen molar-refractivity contribution >= 4 is 17.3 Å². The smallest absolute Gasteiger partial charge is 0.0642 e. The van der Waals surface area contributed by atoms with Crippen molar-refractivity contribution in [2.75, 3.05) is 18.5 Å². The standard InChI is InChI=1S/C17H27ClN2/c1-12(2)10-19-11-15-6-5-7-16(18)17(15)20(4)13(3)14-8-9-14/h5-7,12-14,19H,8-11H2,1-4H3. The maximum absolute atomic E-state index is 6.47. The second-order valence-corrected chi connectivity index (χ2v) is 6.87. The first-order valence-corrected chi connectivity index (χ1v) is 8.09. The van der Waals surface area contributed by atoms with E-state index in [1.807, 2.05) is 12.1 Å². The molecule has 0 heterocycles. The molecule has 3 heteroatoms. The summed E-state index contributed by atoms with van der Waals surface area (Å²) in [5.74, 6) is 1.51. The Balaban J connectivity index is 2.12. The van der Waals surface area contributed by atoms with E-state index in [9.17, 15) is 0 Å². The summed E-state index contributed by atoms with van der Waals surface area (Å²) in [4.78, 5) is 2.37. The number of nitrogens with zero attached hydrogens (tertiary/aromatic N) is 1. The average molecular weight is 295 g/mol. The lowest BCUT2D eigenvalue weighted by Crippen LogP contribution is -2.32. The molecule has 2 rings (SSSR count). The Morgan fingerprint density at radius 2 is 2.00 bits per heavy atom. The quantitative estimate of drug-likeness (QED) is 0.805. The first-order chi connectivity index (χ1) is 9.50. The van der Waals surface area contributed by atoms with E-state index < -0.39 is 0 Å². The first-order valence-electron chi connectivity index (χ1n) is 7.71. The molecule has 1 atom stereocenters. The number of hydrogen-bond acceptors (Lipinski definition) is 2. The van der Waals surface area contributed by atoms with Crippen molar-refractivity contribution in [3.8, 4) is 0 Å². The third-order valence-electron chi connectivity index (χ3n) is 4.21. The maximum atomic E-state index is 6.47. The number of para-hydroxylation sites is 1. The van der Waals surface area contributed by atoms with Crippen LogP contribution in [-0.4, -0.2) is 19.6 Å². The Hall–Kier alpha value is -0.730. The second kappa shape index (κ2) is 6.82. The lowest BCUT2D eigenvalue weighted by Gasteiger charge is -2.30. The lowest BCUT2D eigenvalue weighted by molar-refractivity contribution is 0.550. The van der Waals surface area contributed by atoms with Crippen molar-refractivity contribution in [2.45, 2.75) is 46.2 Å². The summed E-state index contributed by atoms with van der Waals surface area (Å²) in [6, 6.07) is 6.80. The van der Waals surface area contributed by atoms with Crippen LogP contribution in [0.5, 0.6) is 0 Å². The van der Waals surface area contributed by atoms with E-state index in [0.29, 0.717) is 12.0 Å². The molecule has 20 heavy (non-hydrogen) atoms. The summed E-state index contributed by atoms with van der Waals surface area (Å²) in [5, 5.41) is 4.39. The first kappa shape index (κ1) is 15.7. The summed E-state index contributed by atoms with van der Waals surface area (Å²) < 4.78 is 0. The van der Waals surface area contributed by atoms with Gasteiger partial charge >= 0.3 is 0 Å². The summed E-state index contributed by atoms with van der Waals surface area (Å²) in [6.45, 7) is 8.69. The topological polar surface area (TPSA) is 15.3 Å². The highest BCUT2D eigenvalue weighted by Crippen LogP contribution is 2.39. The largest absolute Gasteiger partial charge is 0.370 e. The van der Waals surface area contributed by atoms with Crippen LogP contribution in [0, 0.1) is 11.8 Å². The van der Waals surface area contributed by atoms with Crippen LogP contribution in [0.25, 0.3) is 0 Å². The molecule has 1 unspecified atom stereocenters. The summed E-state index contributed by atoms with van der Waals surface area (Å²) in [7, 11) is 2.18. The minimum atomic E-state index is 0.568. The van der Waals surface area contributed by atoms with Crippen LogP contribution >= 0.6 is 11.6 Å². The van der Waals surface area contributed by atoms with E-state index in [0.717, 1.165) is 24.0 Å². The fraction of sp³-hybridized carbons (Fsp3) is 0.647. The molecule has 1 N–H and O–H groups in total. The molecule has 0 saturated heterocycles. The molecule has 0 bridgehead atoms. The third kappa shape index (κ3) is 3.89. The van der Waals surface area contributed by atoms with Gasteiger partial charge in [0.1, 0.15) is 0 Å². The Morgan fingerprint density at radius 1 is 1.30 bits per heavy atom. The molecule has 2 nitrogen and oxygen atoms in total. The van der Waals surface area contributed by atoms with Gasteiger partial charge in [-0.1, -0.05) is 37.6 Å². The lowest BCUT2D eigenvalue weighted by atomic mass is 10.1. The van der Waals surface area contributed by atoms with Gasteiger partial charge in [0.05, 0.1) is 10.7 Å². The number of nitrogens with one attached hydrogen (secondary N) is 1. The zero-order valence-electron chi connectivity index (χ0n) is 13.1. The highest BCUT2D eigenvalue weighted by atomic mass is 35.5. The Labute approximate surface area is 128 Å². The molecule has 1 aromatic carbocycles. The number of benzene rings is 1. The molecule has 0 amide bonds. The van der Waals surface area contributed by atoms with E-state index >= 15 is 0 Å². The van der Waals surface area contributed by atoms with E-state index in [1.165, 1.54) is 24.1 Å². The van der Waals surface area contributed by atoms with Crippen LogP contribution in [0.15, 0.2) is 18.2 Å². The third-order valence-corrected chi connectivity index (χ3v) is 4.51. The van der Waals surface area contributed by atoms with Crippen LogP contribution in [0.2, 0.25) is 5.02 Å². The molecule has 0 radical (unpaired) electrons. The van der Waals surface area contributed by atoms with Crippen molar-refractivity contribution in [3.63, 3.8) is 0 Å². The zero-order chi connectivity index (χ0) is 14.7. The van der Waals surface area contributed by atoms with Gasteiger partial charge in [-0.25, -0.2) is 0 Å². The predicted octanol–water partition coefficient (Wildman–Crippen LogP) is 4.32. The van der Waals surface area contributed by atoms with Gasteiger partial charge in [0, 0.05) is 19.6 Å². The van der Waals surface area contributed by atoms with Crippen molar-refractivity contribution in [3.05, 3.63) is 28.8 Å². The van der Waals surface area contributed by atoms with Gasteiger partial charge in [-0.05, 0) is 49.8 Å². The minimum Gasteiger partial charge on any atom is -0.370 e. The van der Waals surface area contributed by atoms with Crippen LogP contribution in [-0.2, 0) is 6.54 Å². The average Bonchev–Trinajstić information content (AvgIpc) is 3.21. The molecular formula is C17H27ClN2. The van der Waals surface area contributed by atoms with Crippen LogP contribution in [0.4, 0.5) is 5.69 Å². The monoisotopic (exact) mass is 294 g/mol.